The fourth-order valence-corrected chi connectivity index (χ4v) is 9.88. The van der Waals surface area contributed by atoms with E-state index in [0.29, 0.717) is 17.6 Å². The number of fused-ring (bicyclic) bond motifs is 5. The molecule has 0 bridgehead atoms. The predicted molar refractivity (Wildman–Crippen MR) is 164 cm³/mol. The van der Waals surface area contributed by atoms with E-state index in [4.69, 9.17) is 9.47 Å². The highest BCUT2D eigenvalue weighted by molar-refractivity contribution is 5.89. The van der Waals surface area contributed by atoms with Crippen LogP contribution >= 0.6 is 0 Å². The maximum atomic E-state index is 13.0. The average molecular weight is 549 g/mol. The van der Waals surface area contributed by atoms with E-state index in [-0.39, 0.29) is 17.5 Å². The van der Waals surface area contributed by atoms with Crippen molar-refractivity contribution in [2.75, 3.05) is 6.61 Å². The molecule has 3 nitrogen and oxygen atoms in total. The van der Waals surface area contributed by atoms with Crippen molar-refractivity contribution in [3.8, 4) is 5.75 Å². The molecule has 0 radical (unpaired) electrons. The first-order chi connectivity index (χ1) is 19.2. The van der Waals surface area contributed by atoms with Crippen LogP contribution in [0.3, 0.4) is 0 Å². The maximum Gasteiger partial charge on any atom is 0.338 e. The van der Waals surface area contributed by atoms with Crippen molar-refractivity contribution in [3.05, 3.63) is 41.5 Å². The fraction of sp³-hybridized carbons (Fsp3) is 0.757. The van der Waals surface area contributed by atoms with Gasteiger partial charge in [-0.2, -0.15) is 0 Å². The Morgan fingerprint density at radius 3 is 2.48 bits per heavy atom. The minimum absolute atomic E-state index is 0.00389. The number of esters is 1. The normalized spacial score (nSPS) is 35.8. The highest BCUT2D eigenvalue weighted by Gasteiger charge is 2.59. The lowest BCUT2D eigenvalue weighted by molar-refractivity contribution is -0.0594. The topological polar surface area (TPSA) is 35.5 Å². The molecule has 0 aromatic heterocycles. The van der Waals surface area contributed by atoms with Crippen molar-refractivity contribution in [1.29, 1.82) is 0 Å². The van der Waals surface area contributed by atoms with Gasteiger partial charge in [-0.25, -0.2) is 4.79 Å². The second-order valence-electron chi connectivity index (χ2n) is 14.9. The zero-order chi connectivity index (χ0) is 28.5. The number of carbonyl (C=O) groups is 1. The molecule has 0 heterocycles. The monoisotopic (exact) mass is 548 g/mol. The zero-order valence-corrected chi connectivity index (χ0v) is 26.3. The fourth-order valence-electron chi connectivity index (χ4n) is 9.88. The lowest BCUT2D eigenvalue weighted by Crippen LogP contribution is -2.51. The molecule has 3 fully saturated rings. The average Bonchev–Trinajstić information content (AvgIpc) is 3.29. The summed E-state index contributed by atoms with van der Waals surface area (Å²) < 4.78 is 11.7. The van der Waals surface area contributed by atoms with Crippen LogP contribution in [0.25, 0.3) is 0 Å². The Bertz CT molecular complexity index is 1040. The van der Waals surface area contributed by atoms with Crippen LogP contribution in [-0.2, 0) is 4.74 Å². The van der Waals surface area contributed by atoms with E-state index in [9.17, 15) is 4.79 Å². The molecular formula is C37H56O3. The number of ether oxygens (including phenoxy) is 2. The molecule has 8 atom stereocenters. The minimum atomic E-state index is -0.196. The van der Waals surface area contributed by atoms with E-state index in [1.54, 1.807) is 5.57 Å². The third-order valence-electron chi connectivity index (χ3n) is 12.1. The SMILES string of the molecule is CCCOc1ccc(C(=O)O[C@@H]2CC[C@@]3(C)C(=CC[C@H]4[C@@H]5CC[C@H]([C@@H](C)CCCC(C)C)[C@@]5(C)CC[C@@H]43)C2)cc1. The standard InChI is InChI=1S/C37H56O3/c1-7-23-39-29-14-11-27(12-15-29)35(38)40-30-19-21-36(5)28(24-30)13-16-31-33-18-17-32(26(4)10-8-9-25(2)3)37(33,6)22-20-34(31)36/h11-15,25-26,30-34H,7-10,16-24H2,1-6H3/t26-,30+,31-,32+,33-,34-,36-,37+/m0/s1. The van der Waals surface area contributed by atoms with Crippen molar-refractivity contribution in [2.24, 2.45) is 46.3 Å². The molecule has 0 amide bonds. The molecule has 0 saturated heterocycles. The first-order valence-electron chi connectivity index (χ1n) is 16.8. The molecule has 4 aliphatic carbocycles. The summed E-state index contributed by atoms with van der Waals surface area (Å²) in [5.41, 5.74) is 3.02. The van der Waals surface area contributed by atoms with Gasteiger partial charge in [0.25, 0.3) is 0 Å². The third-order valence-corrected chi connectivity index (χ3v) is 12.1. The molecule has 3 heteroatoms. The van der Waals surface area contributed by atoms with E-state index < -0.39 is 0 Å². The number of benzene rings is 1. The first kappa shape index (κ1) is 29.7. The number of carbonyl (C=O) groups excluding carboxylic acids is 1. The van der Waals surface area contributed by atoms with Crippen LogP contribution in [0.5, 0.6) is 5.75 Å². The zero-order valence-electron chi connectivity index (χ0n) is 26.3. The van der Waals surface area contributed by atoms with Gasteiger partial charge in [0, 0.05) is 6.42 Å². The van der Waals surface area contributed by atoms with Crippen LogP contribution in [0, 0.1) is 46.3 Å². The summed E-state index contributed by atoms with van der Waals surface area (Å²) in [6, 6.07) is 7.43. The smallest absolute Gasteiger partial charge is 0.338 e. The van der Waals surface area contributed by atoms with E-state index in [1.807, 2.05) is 24.3 Å². The number of allylic oxidation sites excluding steroid dienone is 1. The van der Waals surface area contributed by atoms with E-state index in [2.05, 4.69) is 47.6 Å². The molecule has 222 valence electrons. The van der Waals surface area contributed by atoms with Gasteiger partial charge in [-0.05, 0) is 122 Å². The Balaban J connectivity index is 1.21. The van der Waals surface area contributed by atoms with Gasteiger partial charge in [0.2, 0.25) is 0 Å². The molecule has 0 unspecified atom stereocenters. The van der Waals surface area contributed by atoms with Gasteiger partial charge in [0.05, 0.1) is 12.2 Å². The van der Waals surface area contributed by atoms with Crippen LogP contribution in [-0.4, -0.2) is 18.7 Å². The Morgan fingerprint density at radius 1 is 0.975 bits per heavy atom. The van der Waals surface area contributed by atoms with Crippen molar-refractivity contribution < 1.29 is 14.3 Å². The van der Waals surface area contributed by atoms with Gasteiger partial charge < -0.3 is 9.47 Å². The van der Waals surface area contributed by atoms with Crippen molar-refractivity contribution in [3.63, 3.8) is 0 Å². The van der Waals surface area contributed by atoms with Crippen molar-refractivity contribution in [1.82, 2.24) is 0 Å². The lowest BCUT2D eigenvalue weighted by atomic mass is 9.47. The number of hydrogen-bond acceptors (Lipinski definition) is 3. The number of rotatable bonds is 10. The summed E-state index contributed by atoms with van der Waals surface area (Å²) in [7, 11) is 0. The Hall–Kier alpha value is -1.77. The summed E-state index contributed by atoms with van der Waals surface area (Å²) in [5.74, 6) is 5.74. The van der Waals surface area contributed by atoms with Crippen LogP contribution in [0.2, 0.25) is 0 Å². The van der Waals surface area contributed by atoms with E-state index in [0.717, 1.165) is 66.9 Å². The Morgan fingerprint density at radius 2 is 1.75 bits per heavy atom. The van der Waals surface area contributed by atoms with E-state index in [1.165, 1.54) is 51.4 Å². The van der Waals surface area contributed by atoms with Gasteiger partial charge in [0.15, 0.2) is 0 Å². The van der Waals surface area contributed by atoms with Crippen LogP contribution in [0.1, 0.15) is 129 Å². The van der Waals surface area contributed by atoms with Crippen LogP contribution in [0.15, 0.2) is 35.9 Å². The Labute approximate surface area is 244 Å². The van der Waals surface area contributed by atoms with Gasteiger partial charge in [-0.15, -0.1) is 0 Å². The van der Waals surface area contributed by atoms with Gasteiger partial charge in [0.1, 0.15) is 11.9 Å². The van der Waals surface area contributed by atoms with Crippen LogP contribution < -0.4 is 4.74 Å². The predicted octanol–water partition coefficient (Wildman–Crippen LogP) is 10.0. The molecular weight excluding hydrogens is 492 g/mol. The van der Waals surface area contributed by atoms with Gasteiger partial charge in [-0.3, -0.25) is 0 Å². The highest BCUT2D eigenvalue weighted by atomic mass is 16.5. The molecule has 0 aliphatic heterocycles. The van der Waals surface area contributed by atoms with Gasteiger partial charge in [-0.1, -0.05) is 72.5 Å². The summed E-state index contributed by atoms with van der Waals surface area (Å²) in [6.07, 6.45) is 17.8. The highest BCUT2D eigenvalue weighted by Crippen LogP contribution is 2.67. The quantitative estimate of drug-likeness (QED) is 0.215. The molecule has 4 aliphatic rings. The molecule has 0 N–H and O–H groups in total. The lowest BCUT2D eigenvalue weighted by Gasteiger charge is -2.58. The molecule has 40 heavy (non-hydrogen) atoms. The van der Waals surface area contributed by atoms with Crippen molar-refractivity contribution >= 4 is 5.97 Å². The number of hydrogen-bond donors (Lipinski definition) is 0. The third kappa shape index (κ3) is 5.78. The molecule has 3 saturated carbocycles. The molecule has 1 aromatic carbocycles. The second-order valence-corrected chi connectivity index (χ2v) is 14.9. The van der Waals surface area contributed by atoms with Gasteiger partial charge >= 0.3 is 5.97 Å². The first-order valence-corrected chi connectivity index (χ1v) is 16.8. The molecule has 1 aromatic rings. The summed E-state index contributed by atoms with van der Waals surface area (Å²) in [5, 5.41) is 0. The molecule has 5 rings (SSSR count). The second kappa shape index (κ2) is 12.2. The minimum Gasteiger partial charge on any atom is -0.494 e. The summed E-state index contributed by atoms with van der Waals surface area (Å²) in [6.45, 7) is 15.3. The van der Waals surface area contributed by atoms with E-state index >= 15 is 0 Å². The largest absolute Gasteiger partial charge is 0.494 e. The van der Waals surface area contributed by atoms with Crippen molar-refractivity contribution in [2.45, 2.75) is 125 Å². The summed E-state index contributed by atoms with van der Waals surface area (Å²) >= 11 is 0. The van der Waals surface area contributed by atoms with Crippen LogP contribution in [0.4, 0.5) is 0 Å². The Kier molecular flexibility index (Phi) is 9.08. The maximum absolute atomic E-state index is 13.0. The summed E-state index contributed by atoms with van der Waals surface area (Å²) in [4.78, 5) is 13.0. The molecule has 0 spiro atoms.